The third kappa shape index (κ3) is 4.62. The van der Waals surface area contributed by atoms with Crippen molar-refractivity contribution in [2.45, 2.75) is 20.0 Å². The number of amides is 1. The zero-order valence-corrected chi connectivity index (χ0v) is 15.1. The summed E-state index contributed by atoms with van der Waals surface area (Å²) in [7, 11) is 0. The minimum atomic E-state index is -4.45. The Labute approximate surface area is 156 Å². The molecule has 9 heteroatoms. The molecule has 0 fully saturated rings. The van der Waals surface area contributed by atoms with E-state index in [1.807, 2.05) is 13.8 Å². The van der Waals surface area contributed by atoms with Crippen LogP contribution in [0.2, 0.25) is 0 Å². The number of aryl methyl sites for hydroxylation is 2. The maximum absolute atomic E-state index is 12.5. The van der Waals surface area contributed by atoms with Gasteiger partial charge in [0.25, 0.3) is 5.91 Å². The molecule has 1 aromatic carbocycles. The molecule has 0 aliphatic carbocycles. The molecule has 140 valence electrons. The molecule has 2 heterocycles. The second-order valence-corrected chi connectivity index (χ2v) is 6.83. The Kier molecular flexibility index (Phi) is 5.13. The number of benzene rings is 1. The van der Waals surface area contributed by atoms with Gasteiger partial charge in [0.1, 0.15) is 5.75 Å². The SMILES string of the molecule is Cc1nc(NC(=O)c2ccc(Oc3ccc(C(F)(F)F)cn3)cc2)sc1C. The highest BCUT2D eigenvalue weighted by Crippen LogP contribution is 2.30. The van der Waals surface area contributed by atoms with E-state index in [0.29, 0.717) is 22.6 Å². The minimum absolute atomic E-state index is 0.0222. The Morgan fingerprint density at radius 2 is 1.81 bits per heavy atom. The molecule has 1 N–H and O–H groups in total. The van der Waals surface area contributed by atoms with Gasteiger partial charge in [-0.15, -0.1) is 11.3 Å². The number of hydrogen-bond donors (Lipinski definition) is 1. The summed E-state index contributed by atoms with van der Waals surface area (Å²) in [4.78, 5) is 21.1. The molecule has 0 saturated carbocycles. The summed E-state index contributed by atoms with van der Waals surface area (Å²) in [6.45, 7) is 3.78. The maximum atomic E-state index is 12.5. The van der Waals surface area contributed by atoms with Crippen LogP contribution in [0.15, 0.2) is 42.6 Å². The van der Waals surface area contributed by atoms with Crippen molar-refractivity contribution in [1.82, 2.24) is 9.97 Å². The van der Waals surface area contributed by atoms with E-state index in [9.17, 15) is 18.0 Å². The second-order valence-electron chi connectivity index (χ2n) is 5.62. The number of ether oxygens (including phenoxy) is 1. The number of aromatic nitrogens is 2. The molecular weight excluding hydrogens is 379 g/mol. The highest BCUT2D eigenvalue weighted by atomic mass is 32.1. The van der Waals surface area contributed by atoms with Crippen molar-refractivity contribution in [2.75, 3.05) is 5.32 Å². The standard InChI is InChI=1S/C18H14F3N3O2S/c1-10-11(2)27-17(23-10)24-16(25)12-3-6-14(7-4-12)26-15-8-5-13(9-22-15)18(19,20)21/h3-9H,1-2H3,(H,23,24,25). The van der Waals surface area contributed by atoms with Gasteiger partial charge in [0.05, 0.1) is 11.3 Å². The number of halogens is 3. The first-order chi connectivity index (χ1) is 12.7. The number of nitrogens with one attached hydrogen (secondary N) is 1. The molecule has 0 unspecified atom stereocenters. The number of pyridine rings is 1. The van der Waals surface area contributed by atoms with Gasteiger partial charge in [-0.3, -0.25) is 10.1 Å². The lowest BCUT2D eigenvalue weighted by atomic mass is 10.2. The minimum Gasteiger partial charge on any atom is -0.439 e. The lowest BCUT2D eigenvalue weighted by Gasteiger charge is -2.08. The number of nitrogens with zero attached hydrogens (tertiary/aromatic N) is 2. The summed E-state index contributed by atoms with van der Waals surface area (Å²) < 4.78 is 43.0. The summed E-state index contributed by atoms with van der Waals surface area (Å²) in [6, 6.07) is 8.18. The van der Waals surface area contributed by atoms with Crippen LogP contribution in [0.3, 0.4) is 0 Å². The molecule has 0 aliphatic rings. The Hall–Kier alpha value is -2.94. The number of hydrogen-bond acceptors (Lipinski definition) is 5. The van der Waals surface area contributed by atoms with Gasteiger partial charge in [0.15, 0.2) is 5.13 Å². The maximum Gasteiger partial charge on any atom is 0.417 e. The van der Waals surface area contributed by atoms with Crippen LogP contribution < -0.4 is 10.1 Å². The third-order valence-electron chi connectivity index (χ3n) is 3.65. The molecule has 5 nitrogen and oxygen atoms in total. The van der Waals surface area contributed by atoms with Crippen LogP contribution in [0, 0.1) is 13.8 Å². The molecule has 0 saturated heterocycles. The topological polar surface area (TPSA) is 64.1 Å². The monoisotopic (exact) mass is 393 g/mol. The first-order valence-corrected chi connectivity index (χ1v) is 8.60. The van der Waals surface area contributed by atoms with E-state index in [4.69, 9.17) is 4.74 Å². The average Bonchev–Trinajstić information content (AvgIpc) is 2.92. The number of anilines is 1. The second kappa shape index (κ2) is 7.36. The molecule has 0 spiro atoms. The quantitative estimate of drug-likeness (QED) is 0.660. The van der Waals surface area contributed by atoms with Crippen LogP contribution >= 0.6 is 11.3 Å². The van der Waals surface area contributed by atoms with E-state index >= 15 is 0 Å². The molecule has 0 radical (unpaired) electrons. The van der Waals surface area contributed by atoms with Gasteiger partial charge < -0.3 is 4.74 Å². The molecule has 3 rings (SSSR count). The van der Waals surface area contributed by atoms with Gasteiger partial charge in [-0.25, -0.2) is 9.97 Å². The van der Waals surface area contributed by atoms with E-state index < -0.39 is 11.7 Å². The van der Waals surface area contributed by atoms with Crippen LogP contribution in [0.25, 0.3) is 0 Å². The van der Waals surface area contributed by atoms with Crippen LogP contribution in [0.1, 0.15) is 26.5 Å². The highest BCUT2D eigenvalue weighted by Gasteiger charge is 2.30. The summed E-state index contributed by atoms with van der Waals surface area (Å²) in [5.41, 5.74) is 0.408. The van der Waals surface area contributed by atoms with Crippen molar-refractivity contribution in [3.63, 3.8) is 0 Å². The van der Waals surface area contributed by atoms with Gasteiger partial charge in [-0.1, -0.05) is 0 Å². The Balaban J connectivity index is 1.65. The number of thiazole rings is 1. The van der Waals surface area contributed by atoms with Gasteiger partial charge in [-0.05, 0) is 44.2 Å². The van der Waals surface area contributed by atoms with Gasteiger partial charge in [-0.2, -0.15) is 13.2 Å². The van der Waals surface area contributed by atoms with Crippen molar-refractivity contribution < 1.29 is 22.7 Å². The van der Waals surface area contributed by atoms with Crippen molar-refractivity contribution in [2.24, 2.45) is 0 Å². The summed E-state index contributed by atoms with van der Waals surface area (Å²) in [5.74, 6) is 0.0524. The predicted molar refractivity (Wildman–Crippen MR) is 95.3 cm³/mol. The molecule has 1 amide bonds. The van der Waals surface area contributed by atoms with Crippen LogP contribution in [0.4, 0.5) is 18.3 Å². The van der Waals surface area contributed by atoms with E-state index in [0.717, 1.165) is 22.7 Å². The number of rotatable bonds is 4. The number of carbonyl (C=O) groups excluding carboxylic acids is 1. The predicted octanol–water partition coefficient (Wildman–Crippen LogP) is 5.22. The molecule has 3 aromatic rings. The fourth-order valence-corrected chi connectivity index (χ4v) is 2.91. The van der Waals surface area contributed by atoms with Crippen molar-refractivity contribution in [3.8, 4) is 11.6 Å². The van der Waals surface area contributed by atoms with Crippen molar-refractivity contribution >= 4 is 22.4 Å². The highest BCUT2D eigenvalue weighted by molar-refractivity contribution is 7.15. The molecule has 0 atom stereocenters. The molecule has 0 bridgehead atoms. The summed E-state index contributed by atoms with van der Waals surface area (Å²) in [6.07, 6.45) is -3.75. The first kappa shape index (κ1) is 18.8. The normalized spacial score (nSPS) is 11.3. The molecule has 0 aliphatic heterocycles. The summed E-state index contributed by atoms with van der Waals surface area (Å²) >= 11 is 1.39. The van der Waals surface area contributed by atoms with Crippen LogP contribution in [-0.2, 0) is 6.18 Å². The lowest BCUT2D eigenvalue weighted by Crippen LogP contribution is -2.11. The molecule has 27 heavy (non-hydrogen) atoms. The average molecular weight is 393 g/mol. The van der Waals surface area contributed by atoms with E-state index in [2.05, 4.69) is 15.3 Å². The van der Waals surface area contributed by atoms with E-state index in [1.165, 1.54) is 23.5 Å². The molecule has 2 aromatic heterocycles. The zero-order valence-electron chi connectivity index (χ0n) is 14.3. The third-order valence-corrected chi connectivity index (χ3v) is 4.64. The van der Waals surface area contributed by atoms with Crippen LogP contribution in [0.5, 0.6) is 11.6 Å². The Bertz CT molecular complexity index is 932. The van der Waals surface area contributed by atoms with Crippen LogP contribution in [-0.4, -0.2) is 15.9 Å². The first-order valence-electron chi connectivity index (χ1n) is 7.79. The molecular formula is C18H14F3N3O2S. The fraction of sp³-hybridized carbons (Fsp3) is 0.167. The fourth-order valence-electron chi connectivity index (χ4n) is 2.10. The lowest BCUT2D eigenvalue weighted by molar-refractivity contribution is -0.137. The zero-order chi connectivity index (χ0) is 19.6. The largest absolute Gasteiger partial charge is 0.439 e. The van der Waals surface area contributed by atoms with Gasteiger partial charge in [0.2, 0.25) is 5.88 Å². The number of alkyl halides is 3. The number of carbonyl (C=O) groups is 1. The summed E-state index contributed by atoms with van der Waals surface area (Å²) in [5, 5.41) is 3.24. The van der Waals surface area contributed by atoms with E-state index in [1.54, 1.807) is 12.1 Å². The van der Waals surface area contributed by atoms with Gasteiger partial charge in [0, 0.05) is 22.7 Å². The smallest absolute Gasteiger partial charge is 0.417 e. The van der Waals surface area contributed by atoms with Crippen molar-refractivity contribution in [1.29, 1.82) is 0 Å². The Morgan fingerprint density at radius 3 is 2.33 bits per heavy atom. The van der Waals surface area contributed by atoms with E-state index in [-0.39, 0.29) is 11.8 Å². The van der Waals surface area contributed by atoms with Gasteiger partial charge >= 0.3 is 6.18 Å². The van der Waals surface area contributed by atoms with Crippen molar-refractivity contribution in [3.05, 3.63) is 64.3 Å². The Morgan fingerprint density at radius 1 is 1.11 bits per heavy atom.